The summed E-state index contributed by atoms with van der Waals surface area (Å²) in [7, 11) is 0. The molecule has 128 valence electrons. The highest BCUT2D eigenvalue weighted by Gasteiger charge is 2.32. The molecule has 0 heterocycles. The fraction of sp³-hybridized carbons (Fsp3) is 0.467. The van der Waals surface area contributed by atoms with Gasteiger partial charge in [0.2, 0.25) is 11.8 Å². The van der Waals surface area contributed by atoms with E-state index < -0.39 is 35.6 Å². The molecule has 0 atom stereocenters. The summed E-state index contributed by atoms with van der Waals surface area (Å²) in [5.41, 5.74) is -1.63. The summed E-state index contributed by atoms with van der Waals surface area (Å²) < 4.78 is 38.5. The van der Waals surface area contributed by atoms with E-state index >= 15 is 0 Å². The molecule has 0 aromatic heterocycles. The van der Waals surface area contributed by atoms with Gasteiger partial charge in [-0.15, -0.1) is 0 Å². The molecular formula is C15H18ClF3N2O2. The zero-order valence-corrected chi connectivity index (χ0v) is 14.0. The van der Waals surface area contributed by atoms with Crippen LogP contribution >= 0.6 is 11.6 Å². The lowest BCUT2D eigenvalue weighted by atomic mass is 10.1. The number of rotatable bonds is 3. The van der Waals surface area contributed by atoms with E-state index in [1.165, 1.54) is 0 Å². The first-order valence-corrected chi connectivity index (χ1v) is 7.15. The first kappa shape index (κ1) is 19.3. The van der Waals surface area contributed by atoms with Crippen molar-refractivity contribution in [2.75, 3.05) is 11.4 Å². The van der Waals surface area contributed by atoms with Crippen LogP contribution in [-0.4, -0.2) is 23.9 Å². The molecule has 8 heteroatoms. The Bertz CT molecular complexity index is 610. The number of nitrogens with one attached hydrogen (secondary N) is 1. The lowest BCUT2D eigenvalue weighted by molar-refractivity contribution is -0.137. The summed E-state index contributed by atoms with van der Waals surface area (Å²) in [4.78, 5) is 24.6. The summed E-state index contributed by atoms with van der Waals surface area (Å²) >= 11 is 5.91. The lowest BCUT2D eigenvalue weighted by Gasteiger charge is -2.26. The average Bonchev–Trinajstić information content (AvgIpc) is 2.33. The molecule has 0 unspecified atom stereocenters. The largest absolute Gasteiger partial charge is 0.416 e. The number of halogens is 4. The van der Waals surface area contributed by atoms with E-state index in [9.17, 15) is 22.8 Å². The molecule has 2 amide bonds. The molecular weight excluding hydrogens is 333 g/mol. The normalized spacial score (nSPS) is 12.0. The number of carbonyl (C=O) groups is 2. The van der Waals surface area contributed by atoms with Gasteiger partial charge in [-0.05, 0) is 39.0 Å². The molecule has 0 aliphatic rings. The molecule has 23 heavy (non-hydrogen) atoms. The molecule has 0 bridgehead atoms. The Labute approximate surface area is 137 Å². The van der Waals surface area contributed by atoms with E-state index in [-0.39, 0.29) is 10.7 Å². The summed E-state index contributed by atoms with van der Waals surface area (Å²) in [5.74, 6) is -1.09. The molecule has 0 aliphatic heterocycles. The zero-order valence-electron chi connectivity index (χ0n) is 13.2. The van der Waals surface area contributed by atoms with Crippen LogP contribution in [0.2, 0.25) is 5.02 Å². The number of benzene rings is 1. The van der Waals surface area contributed by atoms with Crippen molar-refractivity contribution in [3.63, 3.8) is 0 Å². The Morgan fingerprint density at radius 1 is 1.22 bits per heavy atom. The topological polar surface area (TPSA) is 49.4 Å². The molecule has 0 saturated heterocycles. The van der Waals surface area contributed by atoms with Crippen molar-refractivity contribution in [3.8, 4) is 0 Å². The van der Waals surface area contributed by atoms with Crippen molar-refractivity contribution >= 4 is 29.1 Å². The number of nitrogens with zero attached hydrogens (tertiary/aromatic N) is 1. The lowest BCUT2D eigenvalue weighted by Crippen LogP contribution is -2.47. The van der Waals surface area contributed by atoms with Gasteiger partial charge in [-0.1, -0.05) is 11.6 Å². The van der Waals surface area contributed by atoms with Crippen LogP contribution in [0.3, 0.4) is 0 Å². The predicted molar refractivity (Wildman–Crippen MR) is 82.4 cm³/mol. The third-order valence-corrected chi connectivity index (χ3v) is 3.08. The van der Waals surface area contributed by atoms with Gasteiger partial charge in [0.05, 0.1) is 16.3 Å². The highest BCUT2D eigenvalue weighted by Crippen LogP contribution is 2.35. The van der Waals surface area contributed by atoms with E-state index in [2.05, 4.69) is 5.32 Å². The molecule has 1 aromatic rings. The minimum atomic E-state index is -4.57. The molecule has 0 fully saturated rings. The second-order valence-electron chi connectivity index (χ2n) is 6.07. The van der Waals surface area contributed by atoms with Gasteiger partial charge in [-0.3, -0.25) is 9.59 Å². The van der Waals surface area contributed by atoms with Gasteiger partial charge >= 0.3 is 6.18 Å². The highest BCUT2D eigenvalue weighted by atomic mass is 35.5. The third-order valence-electron chi connectivity index (χ3n) is 2.76. The number of anilines is 1. The van der Waals surface area contributed by atoms with Gasteiger partial charge in [-0.25, -0.2) is 0 Å². The quantitative estimate of drug-likeness (QED) is 0.905. The van der Waals surface area contributed by atoms with Gasteiger partial charge in [-0.2, -0.15) is 13.2 Å². The maximum absolute atomic E-state index is 12.8. The predicted octanol–water partition coefficient (Wildman–Crippen LogP) is 3.63. The molecule has 0 radical (unpaired) electrons. The maximum Gasteiger partial charge on any atom is 0.416 e. The van der Waals surface area contributed by atoms with Crippen LogP contribution in [0.4, 0.5) is 18.9 Å². The first-order chi connectivity index (χ1) is 10.3. The molecule has 0 spiro atoms. The number of alkyl halides is 3. The SMILES string of the molecule is CC(=O)N(CC(=O)NC(C)(C)C)c1cc(C(F)(F)F)ccc1Cl. The summed E-state index contributed by atoms with van der Waals surface area (Å²) in [5, 5.41) is 2.60. The Kier molecular flexibility index (Phi) is 5.69. The van der Waals surface area contributed by atoms with Crippen LogP contribution < -0.4 is 10.2 Å². The highest BCUT2D eigenvalue weighted by molar-refractivity contribution is 6.34. The second-order valence-corrected chi connectivity index (χ2v) is 6.47. The summed E-state index contributed by atoms with van der Waals surface area (Å²) in [6, 6.07) is 2.63. The van der Waals surface area contributed by atoms with E-state index in [4.69, 9.17) is 11.6 Å². The van der Waals surface area contributed by atoms with Gasteiger partial charge < -0.3 is 10.2 Å². The first-order valence-electron chi connectivity index (χ1n) is 6.77. The molecule has 0 saturated carbocycles. The van der Waals surface area contributed by atoms with Crippen LogP contribution in [0.15, 0.2) is 18.2 Å². The van der Waals surface area contributed by atoms with Crippen molar-refractivity contribution in [1.82, 2.24) is 5.32 Å². The van der Waals surface area contributed by atoms with Crippen molar-refractivity contribution in [3.05, 3.63) is 28.8 Å². The average molecular weight is 351 g/mol. The summed E-state index contributed by atoms with van der Waals surface area (Å²) in [6.07, 6.45) is -4.57. The Morgan fingerprint density at radius 3 is 2.22 bits per heavy atom. The second kappa shape index (κ2) is 6.78. The zero-order chi connectivity index (χ0) is 18.0. The maximum atomic E-state index is 12.8. The summed E-state index contributed by atoms with van der Waals surface area (Å²) in [6.45, 7) is 5.98. The Morgan fingerprint density at radius 2 is 1.78 bits per heavy atom. The fourth-order valence-electron chi connectivity index (χ4n) is 1.86. The molecule has 0 aliphatic carbocycles. The van der Waals surface area contributed by atoms with Gasteiger partial charge in [0.15, 0.2) is 0 Å². The van der Waals surface area contributed by atoms with Crippen LogP contribution in [0.5, 0.6) is 0 Å². The van der Waals surface area contributed by atoms with Crippen molar-refractivity contribution in [2.24, 2.45) is 0 Å². The molecule has 1 N–H and O–H groups in total. The molecule has 4 nitrogen and oxygen atoms in total. The third kappa shape index (κ3) is 5.74. The van der Waals surface area contributed by atoms with Crippen LogP contribution in [0.1, 0.15) is 33.3 Å². The van der Waals surface area contributed by atoms with Crippen molar-refractivity contribution in [2.45, 2.75) is 39.4 Å². The van der Waals surface area contributed by atoms with Crippen molar-refractivity contribution in [1.29, 1.82) is 0 Å². The Hall–Kier alpha value is -1.76. The molecule has 1 aromatic carbocycles. The fourth-order valence-corrected chi connectivity index (χ4v) is 2.08. The molecule has 1 rings (SSSR count). The Balaban J connectivity index is 3.16. The smallest absolute Gasteiger partial charge is 0.350 e. The van der Waals surface area contributed by atoms with Gasteiger partial charge in [0, 0.05) is 12.5 Å². The van der Waals surface area contributed by atoms with E-state index in [0.29, 0.717) is 0 Å². The number of carbonyl (C=O) groups excluding carboxylic acids is 2. The van der Waals surface area contributed by atoms with Crippen LogP contribution in [-0.2, 0) is 15.8 Å². The van der Waals surface area contributed by atoms with Gasteiger partial charge in [0.1, 0.15) is 6.54 Å². The van der Waals surface area contributed by atoms with E-state index in [0.717, 1.165) is 30.0 Å². The number of amides is 2. The van der Waals surface area contributed by atoms with Crippen molar-refractivity contribution < 1.29 is 22.8 Å². The number of hydrogen-bond acceptors (Lipinski definition) is 2. The monoisotopic (exact) mass is 350 g/mol. The van der Waals surface area contributed by atoms with E-state index in [1.54, 1.807) is 20.8 Å². The van der Waals surface area contributed by atoms with Crippen LogP contribution in [0.25, 0.3) is 0 Å². The van der Waals surface area contributed by atoms with E-state index in [1.807, 2.05) is 0 Å². The van der Waals surface area contributed by atoms with Crippen LogP contribution in [0, 0.1) is 0 Å². The number of hydrogen-bond donors (Lipinski definition) is 1. The standard InChI is InChI=1S/C15H18ClF3N2O2/c1-9(22)21(8-13(23)20-14(2,3)4)12-7-10(15(17,18)19)5-6-11(12)16/h5-7H,8H2,1-4H3,(H,20,23). The minimum Gasteiger partial charge on any atom is -0.350 e. The van der Waals surface area contributed by atoms with Gasteiger partial charge in [0.25, 0.3) is 0 Å². The minimum absolute atomic E-state index is 0.0447.